The molecule has 0 fully saturated rings. The first kappa shape index (κ1) is 14.9. The minimum atomic E-state index is -2.84. The van der Waals surface area contributed by atoms with Gasteiger partial charge in [0.15, 0.2) is 0 Å². The number of ether oxygens (including phenoxy) is 1. The average molecular weight is 237 g/mol. The maximum Gasteiger partial charge on any atom is 0.147 e. The molecule has 0 saturated heterocycles. The Labute approximate surface area is 93.3 Å². The van der Waals surface area contributed by atoms with Gasteiger partial charge in [0.05, 0.1) is 11.9 Å². The molecule has 2 atom stereocenters. The summed E-state index contributed by atoms with van der Waals surface area (Å²) in [6.07, 6.45) is 4.08. The maximum absolute atomic E-state index is 11.0. The van der Waals surface area contributed by atoms with E-state index in [4.69, 9.17) is 4.74 Å². The number of rotatable bonds is 8. The number of sulfone groups is 1. The van der Waals surface area contributed by atoms with Crippen LogP contribution in [0.2, 0.25) is 0 Å². The van der Waals surface area contributed by atoms with Crippen LogP contribution in [0, 0.1) is 0 Å². The molecule has 0 aliphatic carbocycles. The Morgan fingerprint density at radius 1 is 1.27 bits per heavy atom. The highest BCUT2D eigenvalue weighted by molar-refractivity contribution is 7.90. The Bertz CT molecular complexity index is 251. The van der Waals surface area contributed by atoms with E-state index >= 15 is 0 Å². The predicted molar refractivity (Wildman–Crippen MR) is 62.9 cm³/mol. The van der Waals surface area contributed by atoms with Crippen LogP contribution in [0.3, 0.4) is 0 Å². The van der Waals surface area contributed by atoms with Gasteiger partial charge in [0.25, 0.3) is 0 Å². The van der Waals surface area contributed by atoms with Crippen LogP contribution in [-0.4, -0.2) is 46.7 Å². The molecule has 92 valence electrons. The Kier molecular flexibility index (Phi) is 7.13. The largest absolute Gasteiger partial charge is 0.382 e. The van der Waals surface area contributed by atoms with Crippen LogP contribution in [-0.2, 0) is 14.6 Å². The molecular weight excluding hydrogens is 214 g/mol. The van der Waals surface area contributed by atoms with E-state index in [1.165, 1.54) is 6.26 Å². The van der Waals surface area contributed by atoms with Crippen LogP contribution in [0.1, 0.15) is 26.2 Å². The molecular formula is C10H23NO3S. The predicted octanol–water partition coefficient (Wildman–Crippen LogP) is 0.824. The van der Waals surface area contributed by atoms with Gasteiger partial charge in [0.2, 0.25) is 0 Å². The normalized spacial score (nSPS) is 16.3. The minimum Gasteiger partial charge on any atom is -0.382 e. The van der Waals surface area contributed by atoms with Crippen LogP contribution in [0.25, 0.3) is 0 Å². The van der Waals surface area contributed by atoms with Gasteiger partial charge in [0.1, 0.15) is 9.84 Å². The summed E-state index contributed by atoms with van der Waals surface area (Å²) in [6, 6.07) is 0.261. The van der Waals surface area contributed by atoms with Gasteiger partial charge in [-0.2, -0.15) is 0 Å². The molecule has 0 radical (unpaired) electrons. The highest BCUT2D eigenvalue weighted by Crippen LogP contribution is 2.07. The fourth-order valence-corrected chi connectivity index (χ4v) is 2.06. The quantitative estimate of drug-likeness (QED) is 0.679. The smallest absolute Gasteiger partial charge is 0.147 e. The van der Waals surface area contributed by atoms with Crippen molar-refractivity contribution < 1.29 is 13.2 Å². The van der Waals surface area contributed by atoms with Crippen molar-refractivity contribution in [3.05, 3.63) is 0 Å². The van der Waals surface area contributed by atoms with Crippen molar-refractivity contribution in [3.63, 3.8) is 0 Å². The molecule has 0 aliphatic rings. The van der Waals surface area contributed by atoms with E-state index in [1.54, 1.807) is 7.11 Å². The van der Waals surface area contributed by atoms with Crippen LogP contribution < -0.4 is 5.32 Å². The highest BCUT2D eigenvalue weighted by atomic mass is 32.2. The van der Waals surface area contributed by atoms with Crippen molar-refractivity contribution in [2.45, 2.75) is 38.3 Å². The lowest BCUT2D eigenvalue weighted by Gasteiger charge is -2.17. The highest BCUT2D eigenvalue weighted by Gasteiger charge is 2.11. The zero-order chi connectivity index (χ0) is 11.9. The summed E-state index contributed by atoms with van der Waals surface area (Å²) < 4.78 is 27.1. The molecule has 5 heteroatoms. The van der Waals surface area contributed by atoms with Crippen LogP contribution >= 0.6 is 0 Å². The maximum atomic E-state index is 11.0. The number of hydrogen-bond donors (Lipinski definition) is 1. The van der Waals surface area contributed by atoms with Crippen LogP contribution in [0.4, 0.5) is 0 Å². The SMILES string of the molecule is CNC(CCC(C)OC)CCS(C)(=O)=O. The fraction of sp³-hybridized carbons (Fsp3) is 1.00. The van der Waals surface area contributed by atoms with Gasteiger partial charge in [-0.15, -0.1) is 0 Å². The van der Waals surface area contributed by atoms with Gasteiger partial charge in [-0.3, -0.25) is 0 Å². The summed E-state index contributed by atoms with van der Waals surface area (Å²) in [4.78, 5) is 0. The minimum absolute atomic E-state index is 0.235. The average Bonchev–Trinajstić information content (AvgIpc) is 2.16. The van der Waals surface area contributed by atoms with Crippen molar-refractivity contribution in [3.8, 4) is 0 Å². The van der Waals surface area contributed by atoms with E-state index in [-0.39, 0.29) is 17.9 Å². The first-order chi connectivity index (χ1) is 6.89. The van der Waals surface area contributed by atoms with Crippen molar-refractivity contribution in [1.82, 2.24) is 5.32 Å². The van der Waals surface area contributed by atoms with Crippen molar-refractivity contribution in [1.29, 1.82) is 0 Å². The number of methoxy groups -OCH3 is 1. The van der Waals surface area contributed by atoms with Gasteiger partial charge < -0.3 is 10.1 Å². The summed E-state index contributed by atoms with van der Waals surface area (Å²) in [7, 11) is 0.711. The first-order valence-corrected chi connectivity index (χ1v) is 7.33. The molecule has 0 heterocycles. The van der Waals surface area contributed by atoms with Crippen molar-refractivity contribution >= 4 is 9.84 Å². The molecule has 2 unspecified atom stereocenters. The van der Waals surface area contributed by atoms with E-state index in [9.17, 15) is 8.42 Å². The van der Waals surface area contributed by atoms with E-state index in [0.717, 1.165) is 12.8 Å². The first-order valence-electron chi connectivity index (χ1n) is 5.26. The van der Waals surface area contributed by atoms with E-state index < -0.39 is 9.84 Å². The molecule has 0 amide bonds. The van der Waals surface area contributed by atoms with Crippen molar-refractivity contribution in [2.24, 2.45) is 0 Å². The van der Waals surface area contributed by atoms with Gasteiger partial charge in [-0.25, -0.2) is 8.42 Å². The molecule has 0 rings (SSSR count). The summed E-state index contributed by atoms with van der Waals surface area (Å²) in [5.74, 6) is 0.250. The third-order valence-corrected chi connectivity index (χ3v) is 3.55. The lowest BCUT2D eigenvalue weighted by atomic mass is 10.1. The summed E-state index contributed by atoms with van der Waals surface area (Å²) in [6.45, 7) is 2.02. The second-order valence-electron chi connectivity index (χ2n) is 4.03. The van der Waals surface area contributed by atoms with E-state index in [1.807, 2.05) is 14.0 Å². The van der Waals surface area contributed by atoms with Gasteiger partial charge in [-0.05, 0) is 33.2 Å². The van der Waals surface area contributed by atoms with Gasteiger partial charge in [0, 0.05) is 19.4 Å². The van der Waals surface area contributed by atoms with E-state index in [2.05, 4.69) is 5.32 Å². The van der Waals surface area contributed by atoms with Crippen LogP contribution in [0.15, 0.2) is 0 Å². The Morgan fingerprint density at radius 2 is 1.87 bits per heavy atom. The molecule has 15 heavy (non-hydrogen) atoms. The lowest BCUT2D eigenvalue weighted by molar-refractivity contribution is 0.106. The topological polar surface area (TPSA) is 55.4 Å². The second-order valence-corrected chi connectivity index (χ2v) is 6.29. The van der Waals surface area contributed by atoms with Gasteiger partial charge >= 0.3 is 0 Å². The summed E-state index contributed by atoms with van der Waals surface area (Å²) in [5, 5.41) is 3.13. The summed E-state index contributed by atoms with van der Waals surface area (Å²) >= 11 is 0. The Morgan fingerprint density at radius 3 is 2.27 bits per heavy atom. The summed E-state index contributed by atoms with van der Waals surface area (Å²) in [5.41, 5.74) is 0. The lowest BCUT2D eigenvalue weighted by Crippen LogP contribution is -2.28. The Hall–Kier alpha value is -0.130. The molecule has 0 saturated carbocycles. The van der Waals surface area contributed by atoms with Gasteiger partial charge in [-0.1, -0.05) is 0 Å². The molecule has 1 N–H and O–H groups in total. The van der Waals surface area contributed by atoms with Crippen molar-refractivity contribution in [2.75, 3.05) is 26.2 Å². The third kappa shape index (κ3) is 8.84. The second kappa shape index (κ2) is 7.19. The molecule has 0 aromatic rings. The third-order valence-electron chi connectivity index (χ3n) is 2.57. The Balaban J connectivity index is 3.83. The zero-order valence-electron chi connectivity index (χ0n) is 10.1. The monoisotopic (exact) mass is 237 g/mol. The van der Waals surface area contributed by atoms with Crippen LogP contribution in [0.5, 0.6) is 0 Å². The number of hydrogen-bond acceptors (Lipinski definition) is 4. The molecule has 0 bridgehead atoms. The van der Waals surface area contributed by atoms with E-state index in [0.29, 0.717) is 6.42 Å². The molecule has 0 spiro atoms. The molecule has 0 aliphatic heterocycles. The fourth-order valence-electron chi connectivity index (χ4n) is 1.34. The molecule has 4 nitrogen and oxygen atoms in total. The number of nitrogens with one attached hydrogen (secondary N) is 1. The standard InChI is InChI=1S/C10H23NO3S/c1-9(14-3)5-6-10(11-2)7-8-15(4,12)13/h9-11H,5-8H2,1-4H3. The molecule has 0 aromatic heterocycles. The molecule has 0 aromatic carbocycles. The zero-order valence-corrected chi connectivity index (χ0v) is 10.9.